The van der Waals surface area contributed by atoms with E-state index in [4.69, 9.17) is 4.98 Å². The summed E-state index contributed by atoms with van der Waals surface area (Å²) in [5, 5.41) is 9.78. The third-order valence-corrected chi connectivity index (χ3v) is 3.87. The topological polar surface area (TPSA) is 39.6 Å². The van der Waals surface area contributed by atoms with Crippen LogP contribution in [0, 0.1) is 0 Å². The molecule has 2 atom stereocenters. The number of pyridine rings is 1. The molecule has 0 aliphatic carbocycles. The molecule has 2 heterocycles. The first kappa shape index (κ1) is 16.2. The summed E-state index contributed by atoms with van der Waals surface area (Å²) in [5.41, 5.74) is 3.08. The van der Waals surface area contributed by atoms with Crippen molar-refractivity contribution in [1.82, 2.24) is 9.88 Å². The Hall–Kier alpha value is -1.20. The Morgan fingerprint density at radius 1 is 1.43 bits per heavy atom. The van der Waals surface area contributed by atoms with Crippen molar-refractivity contribution in [1.29, 1.82) is 0 Å². The molecule has 0 spiro atoms. The van der Waals surface area contributed by atoms with Gasteiger partial charge in [0.1, 0.15) is 12.3 Å². The number of aromatic nitrogens is 1. The van der Waals surface area contributed by atoms with Crippen molar-refractivity contribution < 1.29 is 9.50 Å². The first-order valence-electron chi connectivity index (χ1n) is 7.60. The van der Waals surface area contributed by atoms with Crippen molar-refractivity contribution in [3.63, 3.8) is 0 Å². The highest BCUT2D eigenvalue weighted by atomic mass is 19.1. The number of aliphatic hydroxyl groups excluding tert-OH is 1. The fourth-order valence-corrected chi connectivity index (χ4v) is 2.66. The Bertz CT molecular complexity index is 479. The largest absolute Gasteiger partial charge is 0.388 e. The number of rotatable bonds is 4. The molecule has 5 heteroatoms. The lowest BCUT2D eigenvalue weighted by molar-refractivity contribution is 0.0644. The molecule has 4 nitrogen and oxygen atoms in total. The summed E-state index contributed by atoms with van der Waals surface area (Å²) < 4.78 is 13.4. The van der Waals surface area contributed by atoms with E-state index in [-0.39, 0.29) is 0 Å². The number of halogens is 1. The Balaban J connectivity index is 2.29. The van der Waals surface area contributed by atoms with Crippen LogP contribution >= 0.6 is 0 Å². The van der Waals surface area contributed by atoms with Crippen LogP contribution in [0.2, 0.25) is 0 Å². The first-order valence-corrected chi connectivity index (χ1v) is 7.60. The fourth-order valence-electron chi connectivity index (χ4n) is 2.66. The molecule has 118 valence electrons. The third-order valence-electron chi connectivity index (χ3n) is 3.87. The van der Waals surface area contributed by atoms with Gasteiger partial charge >= 0.3 is 0 Å². The summed E-state index contributed by atoms with van der Waals surface area (Å²) in [6, 6.07) is 4.10. The monoisotopic (exact) mass is 295 g/mol. The minimum atomic E-state index is -1.11. The Morgan fingerprint density at radius 3 is 2.71 bits per heavy atom. The van der Waals surface area contributed by atoms with E-state index in [1.165, 1.54) is 0 Å². The van der Waals surface area contributed by atoms with Gasteiger partial charge in [0, 0.05) is 25.3 Å². The summed E-state index contributed by atoms with van der Waals surface area (Å²) in [5.74, 6) is 0.377. The lowest BCUT2D eigenvalue weighted by Crippen LogP contribution is -2.45. The molecule has 1 aliphatic heterocycles. The molecule has 2 rings (SSSR count). The van der Waals surface area contributed by atoms with Crippen molar-refractivity contribution in [3.8, 4) is 0 Å². The standard InChI is InChI=1S/C16H26FN3O/c1-11(2)13-5-6-15(14(18-13)9-19(3)4)20-8-7-12(17)16(21)10-20/h5-6,11-12,16,21H,7-10H2,1-4H3. The fraction of sp³-hybridized carbons (Fsp3) is 0.688. The Morgan fingerprint density at radius 2 is 2.14 bits per heavy atom. The molecular formula is C16H26FN3O. The van der Waals surface area contributed by atoms with Crippen molar-refractivity contribution in [2.24, 2.45) is 0 Å². The number of anilines is 1. The van der Waals surface area contributed by atoms with Crippen LogP contribution in [0.5, 0.6) is 0 Å². The van der Waals surface area contributed by atoms with Gasteiger partial charge in [-0.05, 0) is 38.6 Å². The lowest BCUT2D eigenvalue weighted by atomic mass is 10.0. The molecule has 1 aliphatic rings. The molecule has 0 aromatic carbocycles. The molecule has 1 aromatic heterocycles. The molecular weight excluding hydrogens is 269 g/mol. The quantitative estimate of drug-likeness (QED) is 0.924. The van der Waals surface area contributed by atoms with Crippen LogP contribution in [-0.4, -0.2) is 54.5 Å². The number of piperidine rings is 1. The normalized spacial score (nSPS) is 23.1. The van der Waals surface area contributed by atoms with Crippen LogP contribution in [-0.2, 0) is 6.54 Å². The van der Waals surface area contributed by atoms with Gasteiger partial charge in [-0.15, -0.1) is 0 Å². The van der Waals surface area contributed by atoms with Gasteiger partial charge in [0.05, 0.1) is 11.4 Å². The van der Waals surface area contributed by atoms with Crippen LogP contribution < -0.4 is 4.90 Å². The second-order valence-corrected chi connectivity index (χ2v) is 6.41. The molecule has 0 radical (unpaired) electrons. The number of nitrogens with zero attached hydrogens (tertiary/aromatic N) is 3. The van der Waals surface area contributed by atoms with Crippen molar-refractivity contribution in [2.45, 2.75) is 45.0 Å². The van der Waals surface area contributed by atoms with Crippen LogP contribution in [0.25, 0.3) is 0 Å². The van der Waals surface area contributed by atoms with E-state index in [2.05, 4.69) is 29.7 Å². The van der Waals surface area contributed by atoms with Crippen molar-refractivity contribution in [3.05, 3.63) is 23.5 Å². The van der Waals surface area contributed by atoms with Gasteiger partial charge in [-0.1, -0.05) is 13.8 Å². The molecule has 0 bridgehead atoms. The summed E-state index contributed by atoms with van der Waals surface area (Å²) in [6.45, 7) is 5.95. The number of hydrogen-bond acceptors (Lipinski definition) is 4. The highest BCUT2D eigenvalue weighted by molar-refractivity contribution is 5.52. The van der Waals surface area contributed by atoms with Gasteiger partial charge in [0.15, 0.2) is 0 Å². The van der Waals surface area contributed by atoms with Gasteiger partial charge in [-0.2, -0.15) is 0 Å². The Kier molecular flexibility index (Phi) is 5.17. The van der Waals surface area contributed by atoms with Gasteiger partial charge in [0.25, 0.3) is 0 Å². The second kappa shape index (κ2) is 6.71. The minimum Gasteiger partial charge on any atom is -0.388 e. The first-order chi connectivity index (χ1) is 9.88. The zero-order chi connectivity index (χ0) is 15.6. The van der Waals surface area contributed by atoms with Gasteiger partial charge in [0.2, 0.25) is 0 Å². The van der Waals surface area contributed by atoms with E-state index in [1.807, 2.05) is 20.2 Å². The third kappa shape index (κ3) is 3.92. The van der Waals surface area contributed by atoms with Crippen LogP contribution in [0.1, 0.15) is 37.6 Å². The number of hydrogen-bond donors (Lipinski definition) is 1. The van der Waals surface area contributed by atoms with E-state index in [1.54, 1.807) is 0 Å². The predicted molar refractivity (Wildman–Crippen MR) is 83.4 cm³/mol. The molecule has 1 N–H and O–H groups in total. The van der Waals surface area contributed by atoms with Crippen molar-refractivity contribution >= 4 is 5.69 Å². The molecule has 1 saturated heterocycles. The van der Waals surface area contributed by atoms with E-state index >= 15 is 0 Å². The highest BCUT2D eigenvalue weighted by Crippen LogP contribution is 2.27. The van der Waals surface area contributed by atoms with E-state index < -0.39 is 12.3 Å². The molecule has 1 fully saturated rings. The van der Waals surface area contributed by atoms with E-state index in [0.717, 1.165) is 23.6 Å². The Labute approximate surface area is 126 Å². The van der Waals surface area contributed by atoms with Crippen LogP contribution in [0.15, 0.2) is 12.1 Å². The van der Waals surface area contributed by atoms with Gasteiger partial charge in [-0.25, -0.2) is 4.39 Å². The summed E-state index contributed by atoms with van der Waals surface area (Å²) in [4.78, 5) is 8.90. The average molecular weight is 295 g/mol. The minimum absolute atomic E-state index is 0.338. The maximum Gasteiger partial charge on any atom is 0.129 e. The predicted octanol–water partition coefficient (Wildman–Crippen LogP) is 2.18. The SMILES string of the molecule is CC(C)c1ccc(N2CCC(F)C(O)C2)c(CN(C)C)n1. The van der Waals surface area contributed by atoms with Gasteiger partial charge < -0.3 is 14.9 Å². The lowest BCUT2D eigenvalue weighted by Gasteiger charge is -2.35. The van der Waals surface area contributed by atoms with E-state index in [0.29, 0.717) is 25.4 Å². The molecule has 0 amide bonds. The summed E-state index contributed by atoms with van der Waals surface area (Å²) in [6.07, 6.45) is -1.65. The number of β-amino-alcohol motifs (C(OH)–C–C–N with tert-alkyl or cyclic N) is 1. The average Bonchev–Trinajstić information content (AvgIpc) is 2.41. The van der Waals surface area contributed by atoms with E-state index in [9.17, 15) is 9.50 Å². The smallest absolute Gasteiger partial charge is 0.129 e. The zero-order valence-corrected chi connectivity index (χ0v) is 13.4. The number of alkyl halides is 1. The molecule has 2 unspecified atom stereocenters. The van der Waals surface area contributed by atoms with Crippen LogP contribution in [0.3, 0.4) is 0 Å². The van der Waals surface area contributed by atoms with Crippen molar-refractivity contribution in [2.75, 3.05) is 32.1 Å². The summed E-state index contributed by atoms with van der Waals surface area (Å²) >= 11 is 0. The van der Waals surface area contributed by atoms with Gasteiger partial charge in [-0.3, -0.25) is 4.98 Å². The zero-order valence-electron chi connectivity index (χ0n) is 13.4. The second-order valence-electron chi connectivity index (χ2n) is 6.41. The number of aliphatic hydroxyl groups is 1. The maximum absolute atomic E-state index is 13.4. The maximum atomic E-state index is 13.4. The molecule has 1 aromatic rings. The summed E-state index contributed by atoms with van der Waals surface area (Å²) in [7, 11) is 4.02. The van der Waals surface area contributed by atoms with Crippen LogP contribution in [0.4, 0.5) is 10.1 Å². The molecule has 21 heavy (non-hydrogen) atoms. The highest BCUT2D eigenvalue weighted by Gasteiger charge is 2.28. The molecule has 0 saturated carbocycles.